The smallest absolute Gasteiger partial charge is 0.280 e. The van der Waals surface area contributed by atoms with Crippen LogP contribution in [0.4, 0.5) is 0 Å². The summed E-state index contributed by atoms with van der Waals surface area (Å²) < 4.78 is 11.3. The minimum Gasteiger partial charge on any atom is -0.490 e. The molecule has 4 nitrogen and oxygen atoms in total. The molecule has 2 aromatic rings. The van der Waals surface area contributed by atoms with Crippen LogP contribution in [0.3, 0.4) is 0 Å². The van der Waals surface area contributed by atoms with Gasteiger partial charge in [0, 0.05) is 11.3 Å². The number of benzene rings is 2. The van der Waals surface area contributed by atoms with E-state index in [9.17, 15) is 4.79 Å². The lowest BCUT2D eigenvalue weighted by atomic mass is 10.2. The summed E-state index contributed by atoms with van der Waals surface area (Å²) in [5, 5.41) is 0.413. The van der Waals surface area contributed by atoms with Crippen molar-refractivity contribution < 1.29 is 14.3 Å². The molecule has 0 aromatic heterocycles. The molecule has 0 aliphatic carbocycles. The molecule has 0 N–H and O–H groups in total. The average molecular weight is 313 g/mol. The van der Waals surface area contributed by atoms with Crippen LogP contribution in [0.2, 0.25) is 0 Å². The third-order valence-corrected chi connectivity index (χ3v) is 4.03. The summed E-state index contributed by atoms with van der Waals surface area (Å²) >= 11 is 1.44. The van der Waals surface area contributed by atoms with Crippen LogP contribution in [0.15, 0.2) is 65.7 Å². The van der Waals surface area contributed by atoms with Gasteiger partial charge in [0.05, 0.1) is 0 Å². The molecular formula is C17H15NO3S. The summed E-state index contributed by atoms with van der Waals surface area (Å²) in [6.45, 7) is 0.440. The highest BCUT2D eigenvalue weighted by molar-refractivity contribution is 8.13. The second kappa shape index (κ2) is 7.13. The number of hydrogen-bond donors (Lipinski definition) is 0. The Balaban J connectivity index is 1.54. The maximum Gasteiger partial charge on any atom is 0.280 e. The third kappa shape index (κ3) is 3.89. The quantitative estimate of drug-likeness (QED) is 0.868. The lowest BCUT2D eigenvalue weighted by molar-refractivity contribution is 0.0994. The van der Waals surface area contributed by atoms with Crippen LogP contribution < -0.4 is 4.74 Å². The van der Waals surface area contributed by atoms with Crippen LogP contribution in [-0.2, 0) is 4.74 Å². The van der Waals surface area contributed by atoms with E-state index in [-0.39, 0.29) is 12.0 Å². The largest absolute Gasteiger partial charge is 0.490 e. The first-order valence-corrected chi connectivity index (χ1v) is 7.95. The molecule has 1 heterocycles. The summed E-state index contributed by atoms with van der Waals surface area (Å²) in [5.41, 5.74) is 0.559. The fraction of sp³-hybridized carbons (Fsp3) is 0.176. The second-order valence-corrected chi connectivity index (χ2v) is 5.70. The average Bonchev–Trinajstić information content (AvgIpc) is 3.02. The van der Waals surface area contributed by atoms with E-state index in [1.807, 2.05) is 48.5 Å². The number of ether oxygens (including phenoxy) is 2. The number of nitrogens with zero attached hydrogens (tertiary/aromatic N) is 1. The van der Waals surface area contributed by atoms with E-state index in [1.165, 1.54) is 11.8 Å². The zero-order valence-corrected chi connectivity index (χ0v) is 12.7. The molecule has 1 aliphatic rings. The van der Waals surface area contributed by atoms with Crippen LogP contribution in [0, 0.1) is 0 Å². The number of carbonyl (C=O) groups excluding carboxylic acids is 1. The standard InChI is InChI=1S/C17H15NO3S/c19-16(13-7-3-1-4-8-13)18-17-21-15(12-22-17)11-20-14-9-5-2-6-10-14/h1-10,15H,11-12H2/t15-/m0/s1. The fourth-order valence-corrected chi connectivity index (χ4v) is 2.79. The number of rotatable bonds is 4. The Bertz CT molecular complexity index is 658. The molecule has 112 valence electrons. The molecule has 0 radical (unpaired) electrons. The van der Waals surface area contributed by atoms with Crippen molar-refractivity contribution in [2.75, 3.05) is 12.4 Å². The molecule has 1 atom stereocenters. The summed E-state index contributed by atoms with van der Waals surface area (Å²) in [6, 6.07) is 18.5. The van der Waals surface area contributed by atoms with Gasteiger partial charge in [0.2, 0.25) is 0 Å². The molecule has 22 heavy (non-hydrogen) atoms. The van der Waals surface area contributed by atoms with Crippen molar-refractivity contribution in [3.63, 3.8) is 0 Å². The summed E-state index contributed by atoms with van der Waals surface area (Å²) in [5.74, 6) is 1.25. The Morgan fingerprint density at radius 1 is 1.14 bits per heavy atom. The van der Waals surface area contributed by atoms with Gasteiger partial charge >= 0.3 is 0 Å². The topological polar surface area (TPSA) is 47.9 Å². The lowest BCUT2D eigenvalue weighted by Gasteiger charge is -2.10. The first-order chi connectivity index (χ1) is 10.8. The third-order valence-electron chi connectivity index (χ3n) is 3.05. The van der Waals surface area contributed by atoms with Gasteiger partial charge in [-0.05, 0) is 24.3 Å². The summed E-state index contributed by atoms with van der Waals surface area (Å²) in [4.78, 5) is 16.0. The van der Waals surface area contributed by atoms with Crippen molar-refractivity contribution in [2.24, 2.45) is 4.99 Å². The Labute approximate surface area is 133 Å². The van der Waals surface area contributed by atoms with E-state index < -0.39 is 0 Å². The van der Waals surface area contributed by atoms with Crippen molar-refractivity contribution >= 4 is 22.9 Å². The Morgan fingerprint density at radius 3 is 2.55 bits per heavy atom. The molecule has 0 spiro atoms. The summed E-state index contributed by atoms with van der Waals surface area (Å²) in [7, 11) is 0. The second-order valence-electron chi connectivity index (χ2n) is 4.72. The molecule has 2 aromatic carbocycles. The highest BCUT2D eigenvalue weighted by Gasteiger charge is 2.24. The molecular weight excluding hydrogens is 298 g/mol. The molecule has 5 heteroatoms. The van der Waals surface area contributed by atoms with Gasteiger partial charge < -0.3 is 9.47 Å². The van der Waals surface area contributed by atoms with E-state index in [1.54, 1.807) is 12.1 Å². The van der Waals surface area contributed by atoms with E-state index in [2.05, 4.69) is 4.99 Å². The van der Waals surface area contributed by atoms with Crippen molar-refractivity contribution in [3.8, 4) is 5.75 Å². The predicted molar refractivity (Wildman–Crippen MR) is 87.5 cm³/mol. The van der Waals surface area contributed by atoms with Gasteiger partial charge in [-0.2, -0.15) is 4.99 Å². The summed E-state index contributed by atoms with van der Waals surface area (Å²) in [6.07, 6.45) is -0.0903. The van der Waals surface area contributed by atoms with Crippen molar-refractivity contribution in [1.82, 2.24) is 0 Å². The SMILES string of the molecule is O=C(N=C1O[C@@H](COc2ccccc2)CS1)c1ccccc1. The highest BCUT2D eigenvalue weighted by atomic mass is 32.2. The van der Waals surface area contributed by atoms with Crippen LogP contribution in [0.5, 0.6) is 5.75 Å². The van der Waals surface area contributed by atoms with Gasteiger partial charge in [0.15, 0.2) is 0 Å². The van der Waals surface area contributed by atoms with E-state index >= 15 is 0 Å². The molecule has 0 bridgehead atoms. The van der Waals surface area contributed by atoms with Crippen LogP contribution in [0.25, 0.3) is 0 Å². The number of aliphatic imine (C=N–C) groups is 1. The highest BCUT2D eigenvalue weighted by Crippen LogP contribution is 2.22. The monoisotopic (exact) mass is 313 g/mol. The number of amides is 1. The number of hydrogen-bond acceptors (Lipinski definition) is 4. The Morgan fingerprint density at radius 2 is 1.82 bits per heavy atom. The number of thioether (sulfide) groups is 1. The predicted octanol–water partition coefficient (Wildman–Crippen LogP) is 3.39. The van der Waals surface area contributed by atoms with E-state index in [0.29, 0.717) is 17.4 Å². The van der Waals surface area contributed by atoms with Crippen LogP contribution in [-0.4, -0.2) is 29.6 Å². The molecule has 3 rings (SSSR count). The van der Waals surface area contributed by atoms with Gasteiger partial charge in [0.1, 0.15) is 18.5 Å². The molecule has 1 saturated heterocycles. The minimum absolute atomic E-state index is 0.0903. The van der Waals surface area contributed by atoms with Gasteiger partial charge in [-0.1, -0.05) is 48.2 Å². The van der Waals surface area contributed by atoms with E-state index in [0.717, 1.165) is 11.5 Å². The van der Waals surface area contributed by atoms with Crippen molar-refractivity contribution in [2.45, 2.75) is 6.10 Å². The number of para-hydroxylation sites is 1. The molecule has 1 fully saturated rings. The first-order valence-electron chi connectivity index (χ1n) is 6.96. The van der Waals surface area contributed by atoms with Gasteiger partial charge in [-0.3, -0.25) is 4.79 Å². The molecule has 0 unspecified atom stereocenters. The normalized spacial score (nSPS) is 18.9. The zero-order valence-electron chi connectivity index (χ0n) is 11.8. The first kappa shape index (κ1) is 14.7. The van der Waals surface area contributed by atoms with Gasteiger partial charge in [0.25, 0.3) is 11.1 Å². The van der Waals surface area contributed by atoms with E-state index in [4.69, 9.17) is 9.47 Å². The van der Waals surface area contributed by atoms with Gasteiger partial charge in [-0.25, -0.2) is 0 Å². The zero-order chi connectivity index (χ0) is 15.2. The molecule has 0 saturated carbocycles. The Hall–Kier alpha value is -2.27. The maximum absolute atomic E-state index is 12.0. The van der Waals surface area contributed by atoms with Crippen molar-refractivity contribution in [3.05, 3.63) is 66.2 Å². The molecule has 1 aliphatic heterocycles. The number of carbonyl (C=O) groups is 1. The lowest BCUT2D eigenvalue weighted by Crippen LogP contribution is -2.20. The van der Waals surface area contributed by atoms with Crippen LogP contribution >= 0.6 is 11.8 Å². The maximum atomic E-state index is 12.0. The molecule has 1 amide bonds. The van der Waals surface area contributed by atoms with Gasteiger partial charge in [-0.15, -0.1) is 0 Å². The van der Waals surface area contributed by atoms with Crippen LogP contribution in [0.1, 0.15) is 10.4 Å². The minimum atomic E-state index is -0.285. The van der Waals surface area contributed by atoms with Crippen molar-refractivity contribution in [1.29, 1.82) is 0 Å². The Kier molecular flexibility index (Phi) is 4.75. The fourth-order valence-electron chi connectivity index (χ4n) is 1.95.